The van der Waals surface area contributed by atoms with Gasteiger partial charge < -0.3 is 24.3 Å². The van der Waals surface area contributed by atoms with Crippen LogP contribution in [0.4, 0.5) is 5.82 Å². The Labute approximate surface area is 255 Å². The van der Waals surface area contributed by atoms with E-state index >= 15 is 0 Å². The maximum absolute atomic E-state index is 13.5. The van der Waals surface area contributed by atoms with E-state index in [-0.39, 0.29) is 30.6 Å². The van der Waals surface area contributed by atoms with Crippen molar-refractivity contribution in [3.8, 4) is 11.3 Å². The number of nitrogens with one attached hydrogen (secondary N) is 1. The molecule has 0 saturated heterocycles. The number of pyridine rings is 1. The summed E-state index contributed by atoms with van der Waals surface area (Å²) in [5, 5.41) is 8.53. The van der Waals surface area contributed by atoms with Crippen LogP contribution in [0.1, 0.15) is 49.5 Å². The minimum atomic E-state index is -0.608. The summed E-state index contributed by atoms with van der Waals surface area (Å²) in [4.78, 5) is 38.0. The first-order valence-electron chi connectivity index (χ1n) is 14.7. The second kappa shape index (κ2) is 11.7. The number of anilines is 1. The van der Waals surface area contributed by atoms with Crippen molar-refractivity contribution in [1.82, 2.24) is 29.5 Å². The molecule has 1 aliphatic carbocycles. The van der Waals surface area contributed by atoms with E-state index in [1.54, 1.807) is 28.6 Å². The van der Waals surface area contributed by atoms with E-state index in [1.807, 2.05) is 70.4 Å². The van der Waals surface area contributed by atoms with Gasteiger partial charge in [-0.15, -0.1) is 0 Å². The van der Waals surface area contributed by atoms with Crippen molar-refractivity contribution < 1.29 is 19.1 Å². The maximum atomic E-state index is 13.5. The second-order valence-electron chi connectivity index (χ2n) is 12.2. The molecule has 1 amide bonds. The Bertz CT molecular complexity index is 1820. The molecular formula is C33H37N7O4. The summed E-state index contributed by atoms with van der Waals surface area (Å²) >= 11 is 0. The molecule has 0 spiro atoms. The molecule has 0 bridgehead atoms. The summed E-state index contributed by atoms with van der Waals surface area (Å²) in [5.41, 5.74) is 3.36. The lowest BCUT2D eigenvalue weighted by Crippen LogP contribution is -2.51. The summed E-state index contributed by atoms with van der Waals surface area (Å²) < 4.78 is 14.6. The monoisotopic (exact) mass is 595 g/mol. The summed E-state index contributed by atoms with van der Waals surface area (Å²) in [5.74, 6) is 0.142. The first kappa shape index (κ1) is 29.3. The van der Waals surface area contributed by atoms with E-state index in [0.29, 0.717) is 29.1 Å². The lowest BCUT2D eigenvalue weighted by atomic mass is 9.89. The number of fused-ring (bicyclic) bond motifs is 2. The van der Waals surface area contributed by atoms with Crippen LogP contribution in [0, 0.1) is 0 Å². The average Bonchev–Trinajstić information content (AvgIpc) is 3.56. The molecular weight excluding hydrogens is 558 g/mol. The molecule has 2 atom stereocenters. The predicted octanol–water partition coefficient (Wildman–Crippen LogP) is 4.63. The van der Waals surface area contributed by atoms with Gasteiger partial charge in [-0.05, 0) is 51.3 Å². The van der Waals surface area contributed by atoms with Crippen molar-refractivity contribution in [3.05, 3.63) is 78.2 Å². The van der Waals surface area contributed by atoms with Gasteiger partial charge in [-0.1, -0.05) is 30.3 Å². The van der Waals surface area contributed by atoms with Crippen molar-refractivity contribution in [2.75, 3.05) is 19.1 Å². The lowest BCUT2D eigenvalue weighted by molar-refractivity contribution is -0.155. The molecule has 1 aliphatic rings. The zero-order valence-electron chi connectivity index (χ0n) is 25.7. The minimum Gasteiger partial charge on any atom is -0.459 e. The van der Waals surface area contributed by atoms with Crippen molar-refractivity contribution in [2.24, 2.45) is 0 Å². The van der Waals surface area contributed by atoms with Crippen molar-refractivity contribution in [3.63, 3.8) is 0 Å². The Morgan fingerprint density at radius 3 is 2.59 bits per heavy atom. The number of rotatable bonds is 9. The lowest BCUT2D eigenvalue weighted by Gasteiger charge is -2.35. The number of esters is 1. The van der Waals surface area contributed by atoms with E-state index in [4.69, 9.17) is 14.5 Å². The van der Waals surface area contributed by atoms with E-state index in [2.05, 4.69) is 32.4 Å². The SMILES string of the molecule is CO[C@H]1CC[C@@H]1NC(=O)c1cnn2c(N(C)Cc3ccccc3)cc(-c3cn(CC(=O)OC(C)(C)C)c4ncccc34)nc12. The molecule has 4 heterocycles. The van der Waals surface area contributed by atoms with Gasteiger partial charge >= 0.3 is 5.97 Å². The van der Waals surface area contributed by atoms with E-state index < -0.39 is 5.60 Å². The van der Waals surface area contributed by atoms with Crippen LogP contribution < -0.4 is 10.2 Å². The molecule has 0 radical (unpaired) electrons. The largest absolute Gasteiger partial charge is 0.459 e. The quantitative estimate of drug-likeness (QED) is 0.245. The Balaban J connectivity index is 1.45. The molecule has 1 aromatic carbocycles. The normalized spacial score (nSPS) is 16.6. The smallest absolute Gasteiger partial charge is 0.326 e. The standard InChI is InChI=1S/C33H37N7O4/c1-33(2,3)44-29(41)20-39-19-24(22-12-9-15-34-30(22)39)26-16-28(38(4)18-21-10-7-6-8-11-21)40-31(36-26)23(17-35-40)32(42)37-25-13-14-27(25)43-5/h6-12,15-17,19,25,27H,13-14,18,20H2,1-5H3,(H,37,42)/t25-,27-/m0/s1. The Morgan fingerprint density at radius 1 is 1.09 bits per heavy atom. The molecule has 44 heavy (non-hydrogen) atoms. The number of hydrogen-bond donors (Lipinski definition) is 1. The number of hydrogen-bond acceptors (Lipinski definition) is 8. The number of aromatic nitrogens is 5. The van der Waals surface area contributed by atoms with Gasteiger partial charge in [0, 0.05) is 50.1 Å². The van der Waals surface area contributed by atoms with Crippen molar-refractivity contribution in [2.45, 2.75) is 64.4 Å². The summed E-state index contributed by atoms with van der Waals surface area (Å²) in [6, 6.07) is 15.8. The highest BCUT2D eigenvalue weighted by atomic mass is 16.6. The first-order valence-corrected chi connectivity index (χ1v) is 14.7. The summed E-state index contributed by atoms with van der Waals surface area (Å²) in [7, 11) is 3.65. The number of amides is 1. The molecule has 228 valence electrons. The minimum absolute atomic E-state index is 0.000442. The van der Waals surface area contributed by atoms with E-state index in [1.165, 1.54) is 0 Å². The number of carbonyl (C=O) groups excluding carboxylic acids is 2. The van der Waals surface area contributed by atoms with Crippen LogP contribution in [0.3, 0.4) is 0 Å². The average molecular weight is 596 g/mol. The zero-order valence-corrected chi connectivity index (χ0v) is 25.7. The number of nitrogens with zero attached hydrogens (tertiary/aromatic N) is 6. The van der Waals surface area contributed by atoms with E-state index in [9.17, 15) is 9.59 Å². The zero-order chi connectivity index (χ0) is 31.0. The van der Waals surface area contributed by atoms with Crippen molar-refractivity contribution >= 4 is 34.4 Å². The van der Waals surface area contributed by atoms with Gasteiger partial charge in [0.2, 0.25) is 0 Å². The third kappa shape index (κ3) is 5.87. The molecule has 0 unspecified atom stereocenters. The summed E-state index contributed by atoms with van der Waals surface area (Å²) in [6.45, 7) is 6.13. The highest BCUT2D eigenvalue weighted by molar-refractivity contribution is 6.01. The molecule has 0 aliphatic heterocycles. The van der Waals surface area contributed by atoms with Crippen LogP contribution in [0.15, 0.2) is 67.1 Å². The number of carbonyl (C=O) groups is 2. The van der Waals surface area contributed by atoms with Gasteiger partial charge in [-0.3, -0.25) is 9.59 Å². The number of benzene rings is 1. The van der Waals surface area contributed by atoms with Crippen molar-refractivity contribution in [1.29, 1.82) is 0 Å². The molecule has 5 aromatic rings. The second-order valence-corrected chi connectivity index (χ2v) is 12.2. The Hall–Kier alpha value is -4.77. The highest BCUT2D eigenvalue weighted by Gasteiger charge is 2.33. The Morgan fingerprint density at radius 2 is 1.89 bits per heavy atom. The van der Waals surface area contributed by atoms with Gasteiger partial charge in [-0.2, -0.15) is 9.61 Å². The van der Waals surface area contributed by atoms with Gasteiger partial charge in [0.1, 0.15) is 29.2 Å². The molecule has 1 fully saturated rings. The van der Waals surface area contributed by atoms with Gasteiger partial charge in [-0.25, -0.2) is 9.97 Å². The third-order valence-corrected chi connectivity index (χ3v) is 7.81. The van der Waals surface area contributed by atoms with E-state index in [0.717, 1.165) is 35.2 Å². The van der Waals surface area contributed by atoms with Gasteiger partial charge in [0.15, 0.2) is 5.65 Å². The van der Waals surface area contributed by atoms with Crippen LogP contribution in [0.2, 0.25) is 0 Å². The topological polar surface area (TPSA) is 116 Å². The molecule has 11 nitrogen and oxygen atoms in total. The maximum Gasteiger partial charge on any atom is 0.326 e. The number of methoxy groups -OCH3 is 1. The fourth-order valence-corrected chi connectivity index (χ4v) is 5.58. The number of ether oxygens (including phenoxy) is 2. The van der Waals surface area contributed by atoms with Crippen LogP contribution in [-0.4, -0.2) is 67.9 Å². The first-order chi connectivity index (χ1) is 21.1. The molecule has 11 heteroatoms. The third-order valence-electron chi connectivity index (χ3n) is 7.81. The van der Waals surface area contributed by atoms with Crippen LogP contribution in [0.5, 0.6) is 0 Å². The Kier molecular flexibility index (Phi) is 7.81. The van der Waals surface area contributed by atoms with Gasteiger partial charge in [0.05, 0.1) is 24.0 Å². The fourth-order valence-electron chi connectivity index (χ4n) is 5.58. The summed E-state index contributed by atoms with van der Waals surface area (Å²) in [6.07, 6.45) is 6.90. The van der Waals surface area contributed by atoms with Crippen LogP contribution in [-0.2, 0) is 27.4 Å². The van der Waals surface area contributed by atoms with Crippen LogP contribution >= 0.6 is 0 Å². The fraction of sp³-hybridized carbons (Fsp3) is 0.364. The highest BCUT2D eigenvalue weighted by Crippen LogP contribution is 2.33. The molecule has 1 saturated carbocycles. The molecule has 1 N–H and O–H groups in total. The predicted molar refractivity (Wildman–Crippen MR) is 167 cm³/mol. The van der Waals surface area contributed by atoms with Crippen LogP contribution in [0.25, 0.3) is 27.9 Å². The molecule has 4 aromatic heterocycles. The molecule has 6 rings (SSSR count). The van der Waals surface area contributed by atoms with Gasteiger partial charge in [0.25, 0.3) is 5.91 Å².